The minimum absolute atomic E-state index is 0.148. The van der Waals surface area contributed by atoms with Gasteiger partial charge in [-0.2, -0.15) is 0 Å². The number of ether oxygens (including phenoxy) is 1. The number of carbonyl (C=O) groups is 3. The highest BCUT2D eigenvalue weighted by atomic mass is 16.5. The van der Waals surface area contributed by atoms with Crippen molar-refractivity contribution in [3.05, 3.63) is 71.3 Å². The van der Waals surface area contributed by atoms with Gasteiger partial charge < -0.3 is 14.7 Å². The van der Waals surface area contributed by atoms with Gasteiger partial charge in [0.25, 0.3) is 6.47 Å². The van der Waals surface area contributed by atoms with Gasteiger partial charge in [0.2, 0.25) is 5.91 Å². The molecule has 7 nitrogen and oxygen atoms in total. The highest BCUT2D eigenvalue weighted by Crippen LogP contribution is 2.45. The minimum Gasteiger partial charge on any atom is -0.483 e. The standard InChI is InChI=1S/C23H26N2O3.CH2O2/c1-16(26)25-14-20-13-24(12-17-7-6-10-19(11-17)23(27)28-2)15-21(20)22(25)18-8-4-3-5-9-18;2-1-3/h3-11,20-22H,12-15H2,1-2H3;1H,(H,2,3)/t20-,21-,22-;/m1./s1. The van der Waals surface area contributed by atoms with Crippen LogP contribution in [0.2, 0.25) is 0 Å². The largest absolute Gasteiger partial charge is 0.483 e. The van der Waals surface area contributed by atoms with Crippen molar-refractivity contribution in [1.82, 2.24) is 9.80 Å². The number of methoxy groups -OCH3 is 1. The van der Waals surface area contributed by atoms with E-state index in [0.29, 0.717) is 17.4 Å². The smallest absolute Gasteiger partial charge is 0.337 e. The third-order valence-corrected chi connectivity index (χ3v) is 6.04. The van der Waals surface area contributed by atoms with E-state index in [2.05, 4.69) is 23.1 Å². The first-order chi connectivity index (χ1) is 15.0. The van der Waals surface area contributed by atoms with Crippen molar-refractivity contribution in [2.24, 2.45) is 11.8 Å². The van der Waals surface area contributed by atoms with Crippen LogP contribution in [0.1, 0.15) is 34.5 Å². The monoisotopic (exact) mass is 424 g/mol. The summed E-state index contributed by atoms with van der Waals surface area (Å²) in [6, 6.07) is 18.2. The maximum Gasteiger partial charge on any atom is 0.337 e. The van der Waals surface area contributed by atoms with Crippen LogP contribution in [0.4, 0.5) is 0 Å². The summed E-state index contributed by atoms with van der Waals surface area (Å²) in [5.74, 6) is 0.773. The molecule has 2 aliphatic rings. The average molecular weight is 424 g/mol. The van der Waals surface area contributed by atoms with E-state index in [1.54, 1.807) is 13.0 Å². The highest BCUT2D eigenvalue weighted by molar-refractivity contribution is 5.89. The molecule has 7 heteroatoms. The molecule has 0 radical (unpaired) electrons. The number of hydrogen-bond donors (Lipinski definition) is 1. The van der Waals surface area contributed by atoms with Crippen LogP contribution in [0.3, 0.4) is 0 Å². The van der Waals surface area contributed by atoms with Crippen LogP contribution >= 0.6 is 0 Å². The van der Waals surface area contributed by atoms with Crippen LogP contribution in [0.5, 0.6) is 0 Å². The average Bonchev–Trinajstić information content (AvgIpc) is 3.32. The zero-order chi connectivity index (χ0) is 22.4. The molecule has 2 heterocycles. The lowest BCUT2D eigenvalue weighted by atomic mass is 9.89. The fourth-order valence-corrected chi connectivity index (χ4v) is 4.84. The molecule has 2 aromatic rings. The molecule has 2 saturated heterocycles. The second kappa shape index (κ2) is 10.2. The third-order valence-electron chi connectivity index (χ3n) is 6.04. The van der Waals surface area contributed by atoms with Gasteiger partial charge in [0.15, 0.2) is 0 Å². The Morgan fingerprint density at radius 1 is 1.10 bits per heavy atom. The molecule has 3 atom stereocenters. The molecule has 0 aliphatic carbocycles. The number of carboxylic acid groups (broad SMARTS) is 1. The van der Waals surface area contributed by atoms with Gasteiger partial charge >= 0.3 is 5.97 Å². The number of likely N-dealkylation sites (tertiary alicyclic amines) is 2. The summed E-state index contributed by atoms with van der Waals surface area (Å²) in [5, 5.41) is 6.89. The first-order valence-corrected chi connectivity index (χ1v) is 10.3. The molecule has 0 bridgehead atoms. The first-order valence-electron chi connectivity index (χ1n) is 10.3. The number of esters is 1. The lowest BCUT2D eigenvalue weighted by molar-refractivity contribution is -0.130. The molecular formula is C24H28N2O5. The lowest BCUT2D eigenvalue weighted by Crippen LogP contribution is -2.34. The number of amides is 1. The SMILES string of the molecule is COC(=O)c1cccc(CN2C[C@@H]3CN(C(C)=O)[C@H](c4ccccc4)[C@@H]3C2)c1.O=CO. The highest BCUT2D eigenvalue weighted by Gasteiger charge is 2.48. The fraction of sp³-hybridized carbons (Fsp3) is 0.375. The maximum atomic E-state index is 12.2. The van der Waals surface area contributed by atoms with Gasteiger partial charge in [0.1, 0.15) is 0 Å². The van der Waals surface area contributed by atoms with E-state index in [9.17, 15) is 9.59 Å². The molecule has 1 N–H and O–H groups in total. The molecule has 4 rings (SSSR count). The summed E-state index contributed by atoms with van der Waals surface area (Å²) >= 11 is 0. The lowest BCUT2D eigenvalue weighted by Gasteiger charge is -2.29. The van der Waals surface area contributed by atoms with Crippen molar-refractivity contribution in [1.29, 1.82) is 0 Å². The first kappa shape index (κ1) is 22.5. The van der Waals surface area contributed by atoms with Crippen LogP contribution in [0, 0.1) is 11.8 Å². The van der Waals surface area contributed by atoms with Crippen LogP contribution in [-0.2, 0) is 20.9 Å². The molecule has 0 spiro atoms. The summed E-state index contributed by atoms with van der Waals surface area (Å²) < 4.78 is 4.83. The quantitative estimate of drug-likeness (QED) is 0.600. The van der Waals surface area contributed by atoms with Gasteiger partial charge in [-0.05, 0) is 29.2 Å². The van der Waals surface area contributed by atoms with E-state index in [4.69, 9.17) is 14.6 Å². The van der Waals surface area contributed by atoms with Crippen LogP contribution in [0.15, 0.2) is 54.6 Å². The van der Waals surface area contributed by atoms with Crippen molar-refractivity contribution < 1.29 is 24.2 Å². The van der Waals surface area contributed by atoms with Gasteiger partial charge in [-0.3, -0.25) is 14.5 Å². The van der Waals surface area contributed by atoms with Crippen molar-refractivity contribution in [2.45, 2.75) is 19.5 Å². The van der Waals surface area contributed by atoms with Crippen LogP contribution < -0.4 is 0 Å². The van der Waals surface area contributed by atoms with Gasteiger partial charge in [0.05, 0.1) is 18.7 Å². The molecule has 2 aliphatic heterocycles. The van der Waals surface area contributed by atoms with E-state index in [1.165, 1.54) is 12.7 Å². The molecule has 2 aromatic carbocycles. The summed E-state index contributed by atoms with van der Waals surface area (Å²) in [4.78, 5) is 36.9. The number of benzene rings is 2. The molecule has 0 unspecified atom stereocenters. The number of hydrogen-bond acceptors (Lipinski definition) is 5. The molecule has 1 amide bonds. The van der Waals surface area contributed by atoms with Gasteiger partial charge in [-0.25, -0.2) is 4.79 Å². The summed E-state index contributed by atoms with van der Waals surface area (Å²) in [5.41, 5.74) is 2.92. The molecular weight excluding hydrogens is 396 g/mol. The Labute approximate surface area is 182 Å². The van der Waals surface area contributed by atoms with Gasteiger partial charge in [0, 0.05) is 39.0 Å². The Kier molecular flexibility index (Phi) is 7.41. The number of rotatable bonds is 4. The topological polar surface area (TPSA) is 87.2 Å². The summed E-state index contributed by atoms with van der Waals surface area (Å²) in [6.07, 6.45) is 0. The number of carbonyl (C=O) groups excluding carboxylic acids is 2. The predicted octanol–water partition coefficient (Wildman–Crippen LogP) is 2.83. The Morgan fingerprint density at radius 2 is 1.81 bits per heavy atom. The molecule has 2 fully saturated rings. The van der Waals surface area contributed by atoms with E-state index in [1.807, 2.05) is 35.2 Å². The minimum atomic E-state index is -0.304. The Morgan fingerprint density at radius 3 is 2.45 bits per heavy atom. The van der Waals surface area contributed by atoms with E-state index < -0.39 is 0 Å². The van der Waals surface area contributed by atoms with Gasteiger partial charge in [-0.1, -0.05) is 42.5 Å². The molecule has 31 heavy (non-hydrogen) atoms. The third kappa shape index (κ3) is 5.11. The molecule has 0 saturated carbocycles. The van der Waals surface area contributed by atoms with Crippen molar-refractivity contribution in [3.8, 4) is 0 Å². The van der Waals surface area contributed by atoms with E-state index in [-0.39, 0.29) is 24.4 Å². The maximum absolute atomic E-state index is 12.2. The predicted molar refractivity (Wildman–Crippen MR) is 115 cm³/mol. The molecule has 0 aromatic heterocycles. The summed E-state index contributed by atoms with van der Waals surface area (Å²) in [7, 11) is 1.40. The number of nitrogens with zero attached hydrogens (tertiary/aromatic N) is 2. The van der Waals surface area contributed by atoms with Gasteiger partial charge in [-0.15, -0.1) is 0 Å². The number of fused-ring (bicyclic) bond motifs is 1. The normalized spacial score (nSPS) is 22.3. The van der Waals surface area contributed by atoms with Crippen LogP contribution in [-0.4, -0.2) is 60.0 Å². The van der Waals surface area contributed by atoms with E-state index in [0.717, 1.165) is 31.7 Å². The van der Waals surface area contributed by atoms with Crippen molar-refractivity contribution >= 4 is 18.3 Å². The second-order valence-corrected chi connectivity index (χ2v) is 7.94. The van der Waals surface area contributed by atoms with E-state index >= 15 is 0 Å². The zero-order valence-electron chi connectivity index (χ0n) is 17.8. The van der Waals surface area contributed by atoms with Crippen LogP contribution in [0.25, 0.3) is 0 Å². The van der Waals surface area contributed by atoms with Crippen molar-refractivity contribution in [2.75, 3.05) is 26.7 Å². The summed E-state index contributed by atoms with van der Waals surface area (Å²) in [6.45, 7) is 4.97. The Hall–Kier alpha value is -3.19. The Balaban J connectivity index is 0.000000858. The molecule has 164 valence electrons. The second-order valence-electron chi connectivity index (χ2n) is 7.94. The Bertz CT molecular complexity index is 917. The van der Waals surface area contributed by atoms with Crippen molar-refractivity contribution in [3.63, 3.8) is 0 Å². The fourth-order valence-electron chi connectivity index (χ4n) is 4.84. The zero-order valence-corrected chi connectivity index (χ0v) is 17.8.